The van der Waals surface area contributed by atoms with Gasteiger partial charge in [0.05, 0.1) is 0 Å². The number of hydrogen-bond acceptors (Lipinski definition) is 1. The molecule has 2 heteroatoms. The Labute approximate surface area is 85.8 Å². The third-order valence-corrected chi connectivity index (χ3v) is 3.72. The minimum atomic E-state index is 0.876. The zero-order valence-electron chi connectivity index (χ0n) is 8.08. The van der Waals surface area contributed by atoms with Crippen LogP contribution in [0.2, 0.25) is 0 Å². The molecule has 0 spiro atoms. The van der Waals surface area contributed by atoms with Gasteiger partial charge in [-0.1, -0.05) is 24.1 Å². The van der Waals surface area contributed by atoms with Crippen molar-refractivity contribution >= 4 is 11.6 Å². The molecule has 1 aliphatic carbocycles. The van der Waals surface area contributed by atoms with Crippen molar-refractivity contribution < 1.29 is 0 Å². The molecule has 1 unspecified atom stereocenters. The van der Waals surface area contributed by atoms with Crippen LogP contribution in [-0.4, -0.2) is 24.0 Å². The predicted octanol–water partition coefficient (Wildman–Crippen LogP) is 3.00. The Morgan fingerprint density at radius 2 is 2.08 bits per heavy atom. The molecule has 0 aromatic rings. The minimum absolute atomic E-state index is 0.876. The Kier molecular flexibility index (Phi) is 3.28. The van der Waals surface area contributed by atoms with Crippen LogP contribution in [0.25, 0.3) is 0 Å². The van der Waals surface area contributed by atoms with Gasteiger partial charge in [0, 0.05) is 18.1 Å². The molecule has 0 bridgehead atoms. The van der Waals surface area contributed by atoms with E-state index in [9.17, 15) is 0 Å². The van der Waals surface area contributed by atoms with Gasteiger partial charge in [-0.05, 0) is 38.1 Å². The summed E-state index contributed by atoms with van der Waals surface area (Å²) in [6.45, 7) is 2.34. The van der Waals surface area contributed by atoms with Crippen LogP contribution in [-0.2, 0) is 0 Å². The monoisotopic (exact) mass is 199 g/mol. The van der Waals surface area contributed by atoms with E-state index < -0.39 is 0 Å². The van der Waals surface area contributed by atoms with E-state index in [1.807, 2.05) is 0 Å². The molecule has 0 amide bonds. The van der Waals surface area contributed by atoms with Crippen LogP contribution >= 0.6 is 11.6 Å². The molecule has 0 aromatic carbocycles. The Morgan fingerprint density at radius 1 is 1.23 bits per heavy atom. The van der Waals surface area contributed by atoms with Gasteiger partial charge in [0.2, 0.25) is 0 Å². The molecular weight excluding hydrogens is 182 g/mol. The highest BCUT2D eigenvalue weighted by atomic mass is 35.5. The molecule has 1 nitrogen and oxygen atoms in total. The fourth-order valence-corrected chi connectivity index (χ4v) is 2.69. The number of hydrogen-bond donors (Lipinski definition) is 0. The summed E-state index contributed by atoms with van der Waals surface area (Å²) in [6.07, 6.45) is 9.26. The second kappa shape index (κ2) is 4.47. The number of likely N-dealkylation sites (tertiary alicyclic amines) is 1. The second-order valence-corrected chi connectivity index (χ2v) is 4.51. The topological polar surface area (TPSA) is 3.24 Å². The van der Waals surface area contributed by atoms with Crippen LogP contribution in [0.4, 0.5) is 0 Å². The summed E-state index contributed by atoms with van der Waals surface area (Å²) >= 11 is 5.55. The predicted molar refractivity (Wildman–Crippen MR) is 56.9 cm³/mol. The molecule has 1 aliphatic heterocycles. The maximum atomic E-state index is 5.55. The van der Waals surface area contributed by atoms with Gasteiger partial charge in [-0.25, -0.2) is 0 Å². The van der Waals surface area contributed by atoms with Crippen LogP contribution in [0.1, 0.15) is 32.1 Å². The fourth-order valence-electron chi connectivity index (χ4n) is 2.61. The lowest BCUT2D eigenvalue weighted by Gasteiger charge is -2.36. The quantitative estimate of drug-likeness (QED) is 0.676. The normalized spacial score (nSPS) is 31.3. The smallest absolute Gasteiger partial charge is 0.0177 e. The van der Waals surface area contributed by atoms with Gasteiger partial charge in [-0.3, -0.25) is 4.90 Å². The van der Waals surface area contributed by atoms with Crippen LogP contribution in [0, 0.1) is 5.92 Å². The molecule has 2 rings (SSSR count). The molecule has 1 saturated heterocycles. The van der Waals surface area contributed by atoms with Crippen molar-refractivity contribution in [1.82, 2.24) is 4.90 Å². The molecule has 0 N–H and O–H groups in total. The summed E-state index contributed by atoms with van der Waals surface area (Å²) in [4.78, 5) is 2.60. The lowest BCUT2D eigenvalue weighted by Crippen LogP contribution is -2.38. The minimum Gasteiger partial charge on any atom is -0.296 e. The highest BCUT2D eigenvalue weighted by molar-refractivity contribution is 6.25. The van der Waals surface area contributed by atoms with Gasteiger partial charge >= 0.3 is 0 Å². The summed E-state index contributed by atoms with van der Waals surface area (Å²) in [5.41, 5.74) is 1.65. The number of nitrogens with zero attached hydrogens (tertiary/aromatic N) is 1. The maximum Gasteiger partial charge on any atom is 0.0177 e. The lowest BCUT2D eigenvalue weighted by molar-refractivity contribution is 0.143. The van der Waals surface area contributed by atoms with Crippen LogP contribution in [0.15, 0.2) is 11.6 Å². The third-order valence-electron chi connectivity index (χ3n) is 3.54. The van der Waals surface area contributed by atoms with Crippen molar-refractivity contribution in [3.8, 4) is 0 Å². The van der Waals surface area contributed by atoms with E-state index in [4.69, 9.17) is 11.6 Å². The fraction of sp³-hybridized carbons (Fsp3) is 0.818. The van der Waals surface area contributed by atoms with Crippen LogP contribution in [0.3, 0.4) is 0 Å². The molecule has 1 heterocycles. The molecule has 13 heavy (non-hydrogen) atoms. The van der Waals surface area contributed by atoms with Crippen molar-refractivity contribution in [1.29, 1.82) is 0 Å². The lowest BCUT2D eigenvalue weighted by atomic mass is 9.79. The first-order chi connectivity index (χ1) is 6.42. The molecule has 2 fully saturated rings. The highest BCUT2D eigenvalue weighted by Gasteiger charge is 2.33. The Bertz CT molecular complexity index is 187. The van der Waals surface area contributed by atoms with Gasteiger partial charge in [-0.2, -0.15) is 0 Å². The van der Waals surface area contributed by atoms with E-state index in [0.717, 1.165) is 18.5 Å². The first-order valence-electron chi connectivity index (χ1n) is 5.41. The van der Waals surface area contributed by atoms with Gasteiger partial charge in [-0.15, -0.1) is 0 Å². The largest absolute Gasteiger partial charge is 0.296 e. The van der Waals surface area contributed by atoms with Crippen LogP contribution in [0.5, 0.6) is 0 Å². The van der Waals surface area contributed by atoms with E-state index in [0.29, 0.717) is 0 Å². The standard InChI is InChI=1S/C11H18ClN/c12-7-3-9-13-8-2-6-11(13)10-4-1-5-10/h3,7,10-11H,1-2,4-6,8-9H2/b7-3+. The van der Waals surface area contributed by atoms with E-state index in [1.165, 1.54) is 38.6 Å². The Morgan fingerprint density at radius 3 is 2.69 bits per heavy atom. The van der Waals surface area contributed by atoms with E-state index >= 15 is 0 Å². The summed E-state index contributed by atoms with van der Waals surface area (Å²) in [7, 11) is 0. The van der Waals surface area contributed by atoms with Gasteiger partial charge in [0.15, 0.2) is 0 Å². The zero-order chi connectivity index (χ0) is 9.10. The summed E-state index contributed by atoms with van der Waals surface area (Å²) < 4.78 is 0. The summed E-state index contributed by atoms with van der Waals surface area (Å²) in [5, 5.41) is 0. The van der Waals surface area contributed by atoms with Gasteiger partial charge in [0.1, 0.15) is 0 Å². The number of halogens is 1. The molecule has 2 aliphatic rings. The number of rotatable bonds is 3. The first kappa shape index (κ1) is 9.54. The van der Waals surface area contributed by atoms with Crippen molar-refractivity contribution in [2.24, 2.45) is 5.92 Å². The molecule has 0 aromatic heterocycles. The second-order valence-electron chi connectivity index (χ2n) is 4.26. The van der Waals surface area contributed by atoms with Gasteiger partial charge in [0.25, 0.3) is 0 Å². The van der Waals surface area contributed by atoms with Crippen molar-refractivity contribution in [2.45, 2.75) is 38.1 Å². The molecule has 74 valence electrons. The maximum absolute atomic E-state index is 5.55. The van der Waals surface area contributed by atoms with E-state index in [-0.39, 0.29) is 0 Å². The summed E-state index contributed by atoms with van der Waals surface area (Å²) in [5.74, 6) is 1.01. The zero-order valence-corrected chi connectivity index (χ0v) is 8.84. The van der Waals surface area contributed by atoms with Gasteiger partial charge < -0.3 is 0 Å². The SMILES string of the molecule is Cl/C=C/CN1CCCC1C1CCC1. The van der Waals surface area contributed by atoms with E-state index in [1.54, 1.807) is 5.54 Å². The average molecular weight is 200 g/mol. The Balaban J connectivity index is 1.85. The van der Waals surface area contributed by atoms with Crippen molar-refractivity contribution in [2.75, 3.05) is 13.1 Å². The first-order valence-corrected chi connectivity index (χ1v) is 5.84. The third kappa shape index (κ3) is 2.08. The highest BCUT2D eigenvalue weighted by Crippen LogP contribution is 2.36. The molecule has 1 atom stereocenters. The molecular formula is C11H18ClN. The molecule has 0 radical (unpaired) electrons. The Hall–Kier alpha value is -0.0100. The summed E-state index contributed by atoms with van der Waals surface area (Å²) in [6, 6.07) is 0.876. The van der Waals surface area contributed by atoms with Crippen LogP contribution < -0.4 is 0 Å². The van der Waals surface area contributed by atoms with Crippen molar-refractivity contribution in [3.05, 3.63) is 11.6 Å². The van der Waals surface area contributed by atoms with E-state index in [2.05, 4.69) is 11.0 Å². The average Bonchev–Trinajstić information content (AvgIpc) is 2.46. The molecule has 1 saturated carbocycles. The van der Waals surface area contributed by atoms with Crippen molar-refractivity contribution in [3.63, 3.8) is 0 Å².